The Morgan fingerprint density at radius 3 is 2.52 bits per heavy atom. The third-order valence-electron chi connectivity index (χ3n) is 5.43. The van der Waals surface area contributed by atoms with Crippen molar-refractivity contribution in [3.8, 4) is 0 Å². The van der Waals surface area contributed by atoms with Crippen LogP contribution in [-0.2, 0) is 22.6 Å². The highest BCUT2D eigenvalue weighted by atomic mass is 32.2. The van der Waals surface area contributed by atoms with Gasteiger partial charge < -0.3 is 9.32 Å². The van der Waals surface area contributed by atoms with E-state index in [1.807, 2.05) is 4.90 Å². The predicted octanol–water partition coefficient (Wildman–Crippen LogP) is 4.87. The first-order valence-corrected chi connectivity index (χ1v) is 11.7. The SMILES string of the molecule is CCCc1cccc(C(F)(F)F)c1S(=O)(=O)NC(=O)c1cc2c(F)cc(N3CCC3)cc2o1. The van der Waals surface area contributed by atoms with Gasteiger partial charge in [0.25, 0.3) is 10.0 Å². The van der Waals surface area contributed by atoms with Gasteiger partial charge in [0.15, 0.2) is 5.76 Å². The van der Waals surface area contributed by atoms with E-state index in [1.165, 1.54) is 18.2 Å². The zero-order chi connectivity index (χ0) is 24.0. The molecule has 2 heterocycles. The second kappa shape index (κ2) is 8.36. The molecule has 1 saturated heterocycles. The van der Waals surface area contributed by atoms with Crippen molar-refractivity contribution in [2.45, 2.75) is 37.3 Å². The minimum Gasteiger partial charge on any atom is -0.451 e. The van der Waals surface area contributed by atoms with Gasteiger partial charge in [0, 0.05) is 30.9 Å². The van der Waals surface area contributed by atoms with Gasteiger partial charge in [0.2, 0.25) is 0 Å². The molecular weight excluding hydrogens is 464 g/mol. The van der Waals surface area contributed by atoms with Crippen LogP contribution in [0.15, 0.2) is 45.7 Å². The summed E-state index contributed by atoms with van der Waals surface area (Å²) < 4.78 is 87.9. The zero-order valence-corrected chi connectivity index (χ0v) is 18.3. The number of carbonyl (C=O) groups excluding carboxylic acids is 1. The summed E-state index contributed by atoms with van der Waals surface area (Å²) in [6, 6.07) is 6.87. The van der Waals surface area contributed by atoms with Crippen LogP contribution in [0, 0.1) is 5.82 Å². The molecule has 1 fully saturated rings. The molecule has 6 nitrogen and oxygen atoms in total. The van der Waals surface area contributed by atoms with Gasteiger partial charge in [-0.2, -0.15) is 13.2 Å². The lowest BCUT2D eigenvalue weighted by atomic mass is 10.1. The van der Waals surface area contributed by atoms with Gasteiger partial charge >= 0.3 is 12.1 Å². The van der Waals surface area contributed by atoms with Crippen molar-refractivity contribution in [3.05, 3.63) is 59.1 Å². The molecule has 1 aliphatic rings. The summed E-state index contributed by atoms with van der Waals surface area (Å²) in [4.78, 5) is 13.5. The second-order valence-electron chi connectivity index (χ2n) is 7.77. The largest absolute Gasteiger partial charge is 0.451 e. The van der Waals surface area contributed by atoms with Gasteiger partial charge in [0.1, 0.15) is 16.3 Å². The lowest BCUT2D eigenvalue weighted by Gasteiger charge is -2.33. The maximum absolute atomic E-state index is 14.5. The Balaban J connectivity index is 1.70. The lowest BCUT2D eigenvalue weighted by molar-refractivity contribution is -0.140. The molecule has 0 bridgehead atoms. The highest BCUT2D eigenvalue weighted by Crippen LogP contribution is 2.36. The molecule has 1 amide bonds. The second-order valence-corrected chi connectivity index (χ2v) is 9.39. The van der Waals surface area contributed by atoms with Crippen LogP contribution in [0.25, 0.3) is 11.0 Å². The topological polar surface area (TPSA) is 79.6 Å². The van der Waals surface area contributed by atoms with Gasteiger partial charge in [-0.25, -0.2) is 17.5 Å². The molecule has 0 saturated carbocycles. The minimum atomic E-state index is -4.95. The maximum Gasteiger partial charge on any atom is 0.417 e. The average molecular weight is 484 g/mol. The highest BCUT2D eigenvalue weighted by Gasteiger charge is 2.39. The summed E-state index contributed by atoms with van der Waals surface area (Å²) in [5.74, 6) is -2.49. The van der Waals surface area contributed by atoms with Crippen molar-refractivity contribution in [1.29, 1.82) is 0 Å². The summed E-state index contributed by atoms with van der Waals surface area (Å²) >= 11 is 0. The van der Waals surface area contributed by atoms with E-state index < -0.39 is 44.1 Å². The van der Waals surface area contributed by atoms with Crippen LogP contribution < -0.4 is 9.62 Å². The van der Waals surface area contributed by atoms with Crippen molar-refractivity contribution in [2.75, 3.05) is 18.0 Å². The number of halogens is 4. The molecule has 0 spiro atoms. The third kappa shape index (κ3) is 4.41. The van der Waals surface area contributed by atoms with Crippen LogP contribution >= 0.6 is 0 Å². The molecule has 0 radical (unpaired) electrons. The number of nitrogens with one attached hydrogen (secondary N) is 1. The number of rotatable bonds is 6. The van der Waals surface area contributed by atoms with Crippen LogP contribution in [0.2, 0.25) is 0 Å². The van der Waals surface area contributed by atoms with Crippen molar-refractivity contribution in [1.82, 2.24) is 4.72 Å². The lowest BCUT2D eigenvalue weighted by Crippen LogP contribution is -2.36. The standard InChI is InChI=1S/C22H20F4N2O4S/c1-2-5-13-6-3-7-16(22(24,25)26)20(13)33(30,31)27-21(29)19-12-15-17(23)10-14(11-18(15)32-19)28-8-4-9-28/h3,6-7,10-12H,2,4-5,8-9H2,1H3,(H,27,29). The molecular formula is C22H20F4N2O4S. The fourth-order valence-corrected chi connectivity index (χ4v) is 5.20. The van der Waals surface area contributed by atoms with Crippen molar-refractivity contribution >= 4 is 32.6 Å². The van der Waals surface area contributed by atoms with Crippen LogP contribution in [0.3, 0.4) is 0 Å². The molecule has 1 aliphatic heterocycles. The third-order valence-corrected chi connectivity index (χ3v) is 6.91. The molecule has 11 heteroatoms. The van der Waals surface area contributed by atoms with Gasteiger partial charge in [-0.05, 0) is 30.5 Å². The normalized spacial score (nSPS) is 14.4. The number of benzene rings is 2. The van der Waals surface area contributed by atoms with Gasteiger partial charge in [-0.3, -0.25) is 4.79 Å². The molecule has 4 rings (SSSR count). The number of sulfonamides is 1. The number of aryl methyl sites for hydroxylation is 1. The number of nitrogens with zero attached hydrogens (tertiary/aromatic N) is 1. The minimum absolute atomic E-state index is 0.0295. The fraction of sp³-hybridized carbons (Fsp3) is 0.318. The van der Waals surface area contributed by atoms with Gasteiger partial charge in [-0.15, -0.1) is 0 Å². The molecule has 3 aromatic rings. The first kappa shape index (κ1) is 23.1. The van der Waals surface area contributed by atoms with E-state index in [1.54, 1.807) is 11.6 Å². The van der Waals surface area contributed by atoms with Crippen LogP contribution in [0.1, 0.15) is 41.4 Å². The summed E-state index contributed by atoms with van der Waals surface area (Å²) in [6.45, 7) is 3.18. The van der Waals surface area contributed by atoms with E-state index in [9.17, 15) is 30.8 Å². The highest BCUT2D eigenvalue weighted by molar-refractivity contribution is 7.90. The molecule has 0 aliphatic carbocycles. The number of furan rings is 1. The fourth-order valence-electron chi connectivity index (χ4n) is 3.77. The summed E-state index contributed by atoms with van der Waals surface area (Å²) in [5.41, 5.74) is -0.851. The molecule has 0 unspecified atom stereocenters. The number of fused-ring (bicyclic) bond motifs is 1. The monoisotopic (exact) mass is 484 g/mol. The number of alkyl halides is 3. The molecule has 1 aromatic heterocycles. The van der Waals surface area contributed by atoms with Gasteiger partial charge in [0.05, 0.1) is 10.9 Å². The summed E-state index contributed by atoms with van der Waals surface area (Å²) in [6.07, 6.45) is -3.54. The van der Waals surface area contributed by atoms with Crippen molar-refractivity contribution < 1.29 is 35.2 Å². The van der Waals surface area contributed by atoms with E-state index in [0.29, 0.717) is 18.2 Å². The first-order valence-electron chi connectivity index (χ1n) is 10.3. The van der Waals surface area contributed by atoms with E-state index in [2.05, 4.69) is 0 Å². The number of carbonyl (C=O) groups is 1. The zero-order valence-electron chi connectivity index (χ0n) is 17.5. The van der Waals surface area contributed by atoms with Crippen LogP contribution in [0.5, 0.6) is 0 Å². The molecule has 33 heavy (non-hydrogen) atoms. The summed E-state index contributed by atoms with van der Waals surface area (Å²) in [7, 11) is -4.92. The van der Waals surface area contributed by atoms with E-state index >= 15 is 0 Å². The molecule has 0 atom stereocenters. The Bertz CT molecular complexity index is 1330. The Hall–Kier alpha value is -3.08. The number of amides is 1. The van der Waals surface area contributed by atoms with E-state index in [4.69, 9.17) is 4.42 Å². The first-order chi connectivity index (χ1) is 15.5. The quantitative estimate of drug-likeness (QED) is 0.505. The predicted molar refractivity (Wildman–Crippen MR) is 113 cm³/mol. The molecule has 176 valence electrons. The van der Waals surface area contributed by atoms with Crippen LogP contribution in [-0.4, -0.2) is 27.4 Å². The Morgan fingerprint density at radius 2 is 1.91 bits per heavy atom. The number of anilines is 1. The Labute approximate surface area is 187 Å². The Morgan fingerprint density at radius 1 is 1.18 bits per heavy atom. The van der Waals surface area contributed by atoms with E-state index in [-0.39, 0.29) is 23.0 Å². The van der Waals surface area contributed by atoms with Crippen LogP contribution in [0.4, 0.5) is 23.2 Å². The smallest absolute Gasteiger partial charge is 0.417 e. The average Bonchev–Trinajstić information content (AvgIpc) is 3.11. The van der Waals surface area contributed by atoms with E-state index in [0.717, 1.165) is 31.6 Å². The van der Waals surface area contributed by atoms with Gasteiger partial charge in [-0.1, -0.05) is 25.5 Å². The number of hydrogen-bond acceptors (Lipinski definition) is 5. The summed E-state index contributed by atoms with van der Waals surface area (Å²) in [5, 5.41) is -0.0378. The molecule has 2 aromatic carbocycles. The maximum atomic E-state index is 14.5. The Kier molecular flexibility index (Phi) is 5.85. The molecule has 1 N–H and O–H groups in total. The van der Waals surface area contributed by atoms with Crippen molar-refractivity contribution in [2.24, 2.45) is 0 Å². The van der Waals surface area contributed by atoms with Crippen molar-refractivity contribution in [3.63, 3.8) is 0 Å². The number of hydrogen-bond donors (Lipinski definition) is 1.